The van der Waals surface area contributed by atoms with E-state index >= 15 is 0 Å². The molecule has 0 N–H and O–H groups in total. The van der Waals surface area contributed by atoms with E-state index in [0.29, 0.717) is 22.5 Å². The fourth-order valence-corrected chi connectivity index (χ4v) is 1.94. The Morgan fingerprint density at radius 3 is 2.41 bits per heavy atom. The van der Waals surface area contributed by atoms with Gasteiger partial charge in [0, 0.05) is 11.9 Å². The summed E-state index contributed by atoms with van der Waals surface area (Å²) < 4.78 is 0. The third-order valence-electron chi connectivity index (χ3n) is 2.76. The summed E-state index contributed by atoms with van der Waals surface area (Å²) in [4.78, 5) is 32.2. The van der Waals surface area contributed by atoms with Gasteiger partial charge in [-0.2, -0.15) is 0 Å². The van der Waals surface area contributed by atoms with Crippen molar-refractivity contribution in [2.75, 3.05) is 0 Å². The van der Waals surface area contributed by atoms with Gasteiger partial charge in [-0.3, -0.25) is 19.6 Å². The highest BCUT2D eigenvalue weighted by atomic mass is 16.2. The van der Waals surface area contributed by atoms with Crippen molar-refractivity contribution in [3.63, 3.8) is 0 Å². The number of pyridine rings is 2. The molecule has 0 saturated heterocycles. The van der Waals surface area contributed by atoms with Crippen molar-refractivity contribution in [2.45, 2.75) is 6.92 Å². The standard InChI is InChI=1S/C13H8N2O2/c1-7-4-5-9-11(15-7)10-8(3-2-6-14-10)12(16)13(9)17/h2-6H,1H3. The fraction of sp³-hybridized carbons (Fsp3) is 0.0769. The van der Waals surface area contributed by atoms with Crippen molar-refractivity contribution >= 4 is 11.6 Å². The van der Waals surface area contributed by atoms with Crippen molar-refractivity contribution in [1.82, 2.24) is 9.97 Å². The van der Waals surface area contributed by atoms with Crippen LogP contribution in [0.15, 0.2) is 30.5 Å². The van der Waals surface area contributed by atoms with E-state index in [0.717, 1.165) is 5.69 Å². The van der Waals surface area contributed by atoms with E-state index < -0.39 is 11.6 Å². The smallest absolute Gasteiger partial charge is 0.235 e. The zero-order valence-electron chi connectivity index (χ0n) is 9.10. The maximum Gasteiger partial charge on any atom is 0.235 e. The van der Waals surface area contributed by atoms with Crippen molar-refractivity contribution in [2.24, 2.45) is 0 Å². The maximum absolute atomic E-state index is 11.9. The van der Waals surface area contributed by atoms with Gasteiger partial charge in [0.15, 0.2) is 0 Å². The molecule has 2 aromatic rings. The molecule has 2 aromatic heterocycles. The van der Waals surface area contributed by atoms with E-state index in [9.17, 15) is 9.59 Å². The number of carbonyl (C=O) groups excluding carboxylic acids is 2. The van der Waals surface area contributed by atoms with Crippen LogP contribution in [-0.2, 0) is 0 Å². The Morgan fingerprint density at radius 1 is 0.941 bits per heavy atom. The van der Waals surface area contributed by atoms with Gasteiger partial charge in [0.25, 0.3) is 0 Å². The molecular formula is C13H8N2O2. The van der Waals surface area contributed by atoms with Crippen LogP contribution in [0.25, 0.3) is 11.4 Å². The Kier molecular flexibility index (Phi) is 1.92. The van der Waals surface area contributed by atoms with E-state index in [2.05, 4.69) is 9.97 Å². The number of fused-ring (bicyclic) bond motifs is 3. The number of hydrogen-bond acceptors (Lipinski definition) is 4. The molecule has 4 nitrogen and oxygen atoms in total. The van der Waals surface area contributed by atoms with Gasteiger partial charge in [0.2, 0.25) is 11.6 Å². The molecule has 82 valence electrons. The lowest BCUT2D eigenvalue weighted by molar-refractivity contribution is 0.0814. The van der Waals surface area contributed by atoms with Gasteiger partial charge < -0.3 is 0 Å². The zero-order chi connectivity index (χ0) is 12.0. The molecule has 0 bridgehead atoms. The van der Waals surface area contributed by atoms with Crippen LogP contribution < -0.4 is 0 Å². The molecule has 0 radical (unpaired) electrons. The van der Waals surface area contributed by atoms with Crippen molar-refractivity contribution in [1.29, 1.82) is 0 Å². The highest BCUT2D eigenvalue weighted by molar-refractivity contribution is 6.52. The van der Waals surface area contributed by atoms with E-state index in [1.807, 2.05) is 6.92 Å². The van der Waals surface area contributed by atoms with Gasteiger partial charge in [-0.05, 0) is 31.2 Å². The second kappa shape index (κ2) is 3.31. The van der Waals surface area contributed by atoms with Crippen molar-refractivity contribution in [3.05, 3.63) is 47.3 Å². The third kappa shape index (κ3) is 1.30. The second-order valence-electron chi connectivity index (χ2n) is 3.91. The van der Waals surface area contributed by atoms with E-state index in [4.69, 9.17) is 0 Å². The Balaban J connectivity index is 2.41. The van der Waals surface area contributed by atoms with Crippen LogP contribution in [0.1, 0.15) is 26.4 Å². The Morgan fingerprint density at radius 2 is 1.65 bits per heavy atom. The summed E-state index contributed by atoms with van der Waals surface area (Å²) >= 11 is 0. The highest BCUT2D eigenvalue weighted by Gasteiger charge is 2.31. The zero-order valence-corrected chi connectivity index (χ0v) is 9.10. The molecule has 1 aliphatic rings. The summed E-state index contributed by atoms with van der Waals surface area (Å²) in [7, 11) is 0. The summed E-state index contributed by atoms with van der Waals surface area (Å²) in [6.07, 6.45) is 1.59. The number of aryl methyl sites for hydroxylation is 1. The molecule has 0 aliphatic heterocycles. The second-order valence-corrected chi connectivity index (χ2v) is 3.91. The van der Waals surface area contributed by atoms with E-state index in [-0.39, 0.29) is 0 Å². The molecule has 0 spiro atoms. The molecule has 4 heteroatoms. The van der Waals surface area contributed by atoms with Gasteiger partial charge >= 0.3 is 0 Å². The molecule has 0 saturated carbocycles. The van der Waals surface area contributed by atoms with Gasteiger partial charge in [0.05, 0.1) is 11.1 Å². The minimum Gasteiger partial charge on any atom is -0.285 e. The first-order chi connectivity index (χ1) is 8.18. The lowest BCUT2D eigenvalue weighted by Crippen LogP contribution is -2.22. The summed E-state index contributed by atoms with van der Waals surface area (Å²) in [6.45, 7) is 1.84. The first-order valence-corrected chi connectivity index (χ1v) is 5.20. The van der Waals surface area contributed by atoms with Crippen LogP contribution in [0, 0.1) is 6.92 Å². The summed E-state index contributed by atoms with van der Waals surface area (Å²) in [5.41, 5.74) is 2.47. The molecular weight excluding hydrogens is 216 g/mol. The number of nitrogens with zero attached hydrogens (tertiary/aromatic N) is 2. The number of rotatable bonds is 0. The number of ketones is 2. The van der Waals surface area contributed by atoms with Crippen LogP contribution >= 0.6 is 0 Å². The number of hydrogen-bond donors (Lipinski definition) is 0. The first kappa shape index (κ1) is 9.84. The monoisotopic (exact) mass is 224 g/mol. The van der Waals surface area contributed by atoms with Crippen LogP contribution in [0.4, 0.5) is 0 Å². The molecule has 0 fully saturated rings. The van der Waals surface area contributed by atoms with Crippen molar-refractivity contribution in [3.8, 4) is 11.4 Å². The maximum atomic E-state index is 11.9. The van der Waals surface area contributed by atoms with E-state index in [1.165, 1.54) is 0 Å². The van der Waals surface area contributed by atoms with Crippen LogP contribution in [0.3, 0.4) is 0 Å². The normalized spacial score (nSPS) is 13.2. The molecule has 0 atom stereocenters. The Labute approximate surface area is 97.3 Å². The summed E-state index contributed by atoms with van der Waals surface area (Å²) in [5, 5.41) is 0. The van der Waals surface area contributed by atoms with Gasteiger partial charge in [-0.15, -0.1) is 0 Å². The minimum absolute atomic E-state index is 0.336. The molecule has 0 amide bonds. The molecule has 0 aromatic carbocycles. The highest BCUT2D eigenvalue weighted by Crippen LogP contribution is 2.29. The minimum atomic E-state index is -0.508. The third-order valence-corrected chi connectivity index (χ3v) is 2.76. The summed E-state index contributed by atoms with van der Waals surface area (Å²) in [5.74, 6) is -1.01. The van der Waals surface area contributed by atoms with Gasteiger partial charge in [-0.25, -0.2) is 0 Å². The SMILES string of the molecule is Cc1ccc2c(n1)-c1ncccc1C(=O)C2=O. The Bertz CT molecular complexity index is 662. The topological polar surface area (TPSA) is 59.9 Å². The predicted octanol–water partition coefficient (Wildman–Crippen LogP) is 1.83. The number of carbonyl (C=O) groups is 2. The summed E-state index contributed by atoms with van der Waals surface area (Å²) in [6, 6.07) is 6.60. The quantitative estimate of drug-likeness (QED) is 0.640. The number of aromatic nitrogens is 2. The predicted molar refractivity (Wildman–Crippen MR) is 60.9 cm³/mol. The molecule has 0 unspecified atom stereocenters. The van der Waals surface area contributed by atoms with Gasteiger partial charge in [0.1, 0.15) is 11.4 Å². The molecule has 17 heavy (non-hydrogen) atoms. The Hall–Kier alpha value is -2.36. The molecule has 1 aliphatic carbocycles. The van der Waals surface area contributed by atoms with E-state index in [1.54, 1.807) is 30.5 Å². The molecule has 2 heterocycles. The van der Waals surface area contributed by atoms with Crippen molar-refractivity contribution < 1.29 is 9.59 Å². The molecule has 3 rings (SSSR count). The lowest BCUT2D eigenvalue weighted by Gasteiger charge is -2.15. The number of Topliss-reactive ketones (excluding diaryl/α,β-unsaturated/α-hetero) is 2. The van der Waals surface area contributed by atoms with Crippen LogP contribution in [-0.4, -0.2) is 21.5 Å². The lowest BCUT2D eigenvalue weighted by atomic mass is 9.90. The van der Waals surface area contributed by atoms with Crippen LogP contribution in [0.5, 0.6) is 0 Å². The fourth-order valence-electron chi connectivity index (χ4n) is 1.94. The first-order valence-electron chi connectivity index (χ1n) is 5.20. The largest absolute Gasteiger partial charge is 0.285 e. The average Bonchev–Trinajstić information content (AvgIpc) is 2.36. The van der Waals surface area contributed by atoms with Crippen LogP contribution in [0.2, 0.25) is 0 Å². The average molecular weight is 224 g/mol. The van der Waals surface area contributed by atoms with Gasteiger partial charge in [-0.1, -0.05) is 0 Å².